The lowest BCUT2D eigenvalue weighted by Crippen LogP contribution is -2.32. The molecule has 0 fully saturated rings. The zero-order chi connectivity index (χ0) is 18.6. The Morgan fingerprint density at radius 3 is 2.52 bits per heavy atom. The van der Waals surface area contributed by atoms with E-state index in [2.05, 4.69) is 10.0 Å². The smallest absolute Gasteiger partial charge is 0.255 e. The second-order valence-corrected chi connectivity index (χ2v) is 7.53. The number of benzene rings is 2. The van der Waals surface area contributed by atoms with Crippen LogP contribution < -0.4 is 10.0 Å². The van der Waals surface area contributed by atoms with Gasteiger partial charge in [-0.05, 0) is 50.1 Å². The normalized spacial score (nSPS) is 12.6. The maximum Gasteiger partial charge on any atom is 0.255 e. The van der Waals surface area contributed by atoms with Crippen LogP contribution >= 0.6 is 0 Å². The molecule has 5 nitrogen and oxygen atoms in total. The van der Waals surface area contributed by atoms with E-state index >= 15 is 0 Å². The van der Waals surface area contributed by atoms with Crippen molar-refractivity contribution in [3.63, 3.8) is 0 Å². The summed E-state index contributed by atoms with van der Waals surface area (Å²) in [5, 5.41) is 2.70. The van der Waals surface area contributed by atoms with Gasteiger partial charge >= 0.3 is 0 Å². The van der Waals surface area contributed by atoms with Gasteiger partial charge in [0.2, 0.25) is 10.0 Å². The lowest BCUT2D eigenvalue weighted by atomic mass is 10.1. The summed E-state index contributed by atoms with van der Waals surface area (Å²) < 4.78 is 41.1. The van der Waals surface area contributed by atoms with Crippen LogP contribution in [0.5, 0.6) is 0 Å². The van der Waals surface area contributed by atoms with Crippen molar-refractivity contribution in [3.05, 3.63) is 59.4 Å². The first-order valence-corrected chi connectivity index (χ1v) is 9.41. The van der Waals surface area contributed by atoms with Crippen molar-refractivity contribution in [1.82, 2.24) is 4.72 Å². The third-order valence-electron chi connectivity index (χ3n) is 3.84. The Labute approximate surface area is 147 Å². The van der Waals surface area contributed by atoms with Crippen LogP contribution in [0, 0.1) is 12.7 Å². The van der Waals surface area contributed by atoms with Gasteiger partial charge in [-0.3, -0.25) is 4.79 Å². The molecule has 2 rings (SSSR count). The van der Waals surface area contributed by atoms with Crippen LogP contribution in [0.3, 0.4) is 0 Å². The minimum atomic E-state index is -4.04. The van der Waals surface area contributed by atoms with Crippen molar-refractivity contribution < 1.29 is 17.6 Å². The Morgan fingerprint density at radius 1 is 1.20 bits per heavy atom. The quantitative estimate of drug-likeness (QED) is 0.824. The summed E-state index contributed by atoms with van der Waals surface area (Å²) in [5.41, 5.74) is 1.54. The van der Waals surface area contributed by atoms with Crippen molar-refractivity contribution in [2.75, 3.05) is 5.32 Å². The van der Waals surface area contributed by atoms with Gasteiger partial charge in [0.05, 0.1) is 0 Å². The monoisotopic (exact) mass is 364 g/mol. The average molecular weight is 364 g/mol. The Kier molecular flexibility index (Phi) is 5.92. The van der Waals surface area contributed by atoms with Crippen molar-refractivity contribution >= 4 is 21.6 Å². The number of aryl methyl sites for hydroxylation is 1. The highest BCUT2D eigenvalue weighted by molar-refractivity contribution is 7.89. The van der Waals surface area contributed by atoms with Crippen LogP contribution in [0.25, 0.3) is 0 Å². The molecule has 134 valence electrons. The number of nitrogens with one attached hydrogen (secondary N) is 2. The van der Waals surface area contributed by atoms with E-state index in [9.17, 15) is 17.6 Å². The van der Waals surface area contributed by atoms with Crippen molar-refractivity contribution in [3.8, 4) is 0 Å². The Morgan fingerprint density at radius 2 is 1.88 bits per heavy atom. The standard InChI is InChI=1S/C18H21FN2O3S/c1-4-13(3)21-25(23,24)17-11-14(9-10-15(17)19)18(22)20-16-8-6-5-7-12(16)2/h5-11,13,21H,4H2,1-3H3,(H,20,22). The molecule has 2 aromatic carbocycles. The van der Waals surface area contributed by atoms with E-state index in [4.69, 9.17) is 0 Å². The second-order valence-electron chi connectivity index (χ2n) is 5.84. The minimum Gasteiger partial charge on any atom is -0.322 e. The first-order chi connectivity index (χ1) is 11.7. The van der Waals surface area contributed by atoms with Crippen LogP contribution in [0.2, 0.25) is 0 Å². The van der Waals surface area contributed by atoms with E-state index in [-0.39, 0.29) is 11.6 Å². The molecule has 2 N–H and O–H groups in total. The molecule has 0 aromatic heterocycles. The fraction of sp³-hybridized carbons (Fsp3) is 0.278. The van der Waals surface area contributed by atoms with Gasteiger partial charge in [-0.15, -0.1) is 0 Å². The number of halogens is 1. The molecule has 0 bridgehead atoms. The molecule has 0 saturated heterocycles. The number of hydrogen-bond acceptors (Lipinski definition) is 3. The number of sulfonamides is 1. The largest absolute Gasteiger partial charge is 0.322 e. The molecular weight excluding hydrogens is 343 g/mol. The zero-order valence-electron chi connectivity index (χ0n) is 14.3. The summed E-state index contributed by atoms with van der Waals surface area (Å²) in [7, 11) is -4.04. The Hall–Kier alpha value is -2.25. The fourth-order valence-corrected chi connectivity index (χ4v) is 3.60. The molecule has 0 aliphatic carbocycles. The highest BCUT2D eigenvalue weighted by atomic mass is 32.2. The van der Waals surface area contributed by atoms with Crippen LogP contribution in [-0.2, 0) is 10.0 Å². The molecule has 7 heteroatoms. The van der Waals surface area contributed by atoms with Crippen LogP contribution in [-0.4, -0.2) is 20.4 Å². The van der Waals surface area contributed by atoms with Crippen molar-refractivity contribution in [2.24, 2.45) is 0 Å². The topological polar surface area (TPSA) is 75.3 Å². The Bertz CT molecular complexity index is 882. The molecule has 0 spiro atoms. The van der Waals surface area contributed by atoms with Gasteiger partial charge in [0.1, 0.15) is 10.7 Å². The summed E-state index contributed by atoms with van der Waals surface area (Å²) in [6.07, 6.45) is 0.564. The summed E-state index contributed by atoms with van der Waals surface area (Å²) in [5.74, 6) is -1.41. The molecule has 1 unspecified atom stereocenters. The summed E-state index contributed by atoms with van der Waals surface area (Å²) in [4.78, 5) is 11.8. The SMILES string of the molecule is CCC(C)NS(=O)(=O)c1cc(C(=O)Nc2ccccc2C)ccc1F. The molecule has 1 atom stereocenters. The number of anilines is 1. The predicted molar refractivity (Wildman–Crippen MR) is 95.6 cm³/mol. The van der Waals surface area contributed by atoms with Crippen molar-refractivity contribution in [1.29, 1.82) is 0 Å². The fourth-order valence-electron chi connectivity index (χ4n) is 2.17. The lowest BCUT2D eigenvalue weighted by Gasteiger charge is -2.14. The molecule has 0 aliphatic rings. The van der Waals surface area contributed by atoms with E-state index in [0.29, 0.717) is 12.1 Å². The highest BCUT2D eigenvalue weighted by Crippen LogP contribution is 2.19. The maximum atomic E-state index is 14.0. The summed E-state index contributed by atoms with van der Waals surface area (Å²) >= 11 is 0. The van der Waals surface area contributed by atoms with Crippen LogP contribution in [0.1, 0.15) is 36.2 Å². The number of hydrogen-bond donors (Lipinski definition) is 2. The average Bonchev–Trinajstić information content (AvgIpc) is 2.56. The lowest BCUT2D eigenvalue weighted by molar-refractivity contribution is 0.102. The van der Waals surface area contributed by atoms with Gasteiger partial charge in [0.25, 0.3) is 5.91 Å². The summed E-state index contributed by atoms with van der Waals surface area (Å²) in [6.45, 7) is 5.34. The first-order valence-electron chi connectivity index (χ1n) is 7.93. The number of amides is 1. The van der Waals surface area contributed by atoms with E-state index < -0.39 is 26.6 Å². The van der Waals surface area contributed by atoms with Gasteiger partial charge < -0.3 is 5.32 Å². The van der Waals surface area contributed by atoms with Crippen LogP contribution in [0.4, 0.5) is 10.1 Å². The van der Waals surface area contributed by atoms with Gasteiger partial charge in [-0.1, -0.05) is 25.1 Å². The van der Waals surface area contributed by atoms with Gasteiger partial charge in [-0.2, -0.15) is 0 Å². The van der Waals surface area contributed by atoms with Gasteiger partial charge in [0, 0.05) is 17.3 Å². The highest BCUT2D eigenvalue weighted by Gasteiger charge is 2.22. The van der Waals surface area contributed by atoms with E-state index in [0.717, 1.165) is 17.7 Å². The number of carbonyl (C=O) groups is 1. The summed E-state index contributed by atoms with van der Waals surface area (Å²) in [6, 6.07) is 10.1. The molecule has 0 radical (unpaired) electrons. The molecular formula is C18H21FN2O3S. The Balaban J connectivity index is 2.32. The van der Waals surface area contributed by atoms with Gasteiger partial charge in [-0.25, -0.2) is 17.5 Å². The first kappa shape index (κ1) is 19.1. The third kappa shape index (κ3) is 4.64. The third-order valence-corrected chi connectivity index (χ3v) is 5.45. The predicted octanol–water partition coefficient (Wildman–Crippen LogP) is 3.46. The van der Waals surface area contributed by atoms with Gasteiger partial charge in [0.15, 0.2) is 0 Å². The molecule has 0 saturated carbocycles. The molecule has 0 aliphatic heterocycles. The molecule has 2 aromatic rings. The minimum absolute atomic E-state index is 0.0641. The number of carbonyl (C=O) groups excluding carboxylic acids is 1. The number of rotatable bonds is 6. The zero-order valence-corrected chi connectivity index (χ0v) is 15.2. The second kappa shape index (κ2) is 7.76. The molecule has 0 heterocycles. The molecule has 1 amide bonds. The van der Waals surface area contributed by atoms with E-state index in [1.165, 1.54) is 6.07 Å². The van der Waals surface area contributed by atoms with E-state index in [1.807, 2.05) is 26.0 Å². The molecule has 25 heavy (non-hydrogen) atoms. The van der Waals surface area contributed by atoms with E-state index in [1.54, 1.807) is 19.1 Å². The van der Waals surface area contributed by atoms with Crippen LogP contribution in [0.15, 0.2) is 47.4 Å². The van der Waals surface area contributed by atoms with Crippen molar-refractivity contribution in [2.45, 2.75) is 38.1 Å². The number of para-hydroxylation sites is 1. The maximum absolute atomic E-state index is 14.0.